The van der Waals surface area contributed by atoms with Gasteiger partial charge >= 0.3 is 0 Å². The number of carbonyl (C=O) groups excluding carboxylic acids is 1. The lowest BCUT2D eigenvalue weighted by Crippen LogP contribution is -1.87. The van der Waals surface area contributed by atoms with Crippen LogP contribution in [0.25, 0.3) is 33.4 Å². The van der Waals surface area contributed by atoms with E-state index >= 15 is 0 Å². The van der Waals surface area contributed by atoms with Crippen LogP contribution in [0.15, 0.2) is 42.5 Å². The quantitative estimate of drug-likeness (QED) is 0.300. The van der Waals surface area contributed by atoms with Crippen LogP contribution in [0, 0.1) is 27.7 Å². The summed E-state index contributed by atoms with van der Waals surface area (Å²) in [5.74, 6) is 0.899. The molecule has 1 nitrogen and oxygen atoms in total. The van der Waals surface area contributed by atoms with Gasteiger partial charge in [0.25, 0.3) is 0 Å². The predicted octanol–water partition coefficient (Wildman–Crippen LogP) is 8.86. The molecular formula is C31H34O. The van der Waals surface area contributed by atoms with Crippen LogP contribution in [-0.2, 0) is 0 Å². The molecule has 4 aliphatic carbocycles. The molecule has 1 heteroatoms. The van der Waals surface area contributed by atoms with Crippen LogP contribution in [-0.4, -0.2) is 6.29 Å². The molecule has 0 aliphatic heterocycles. The van der Waals surface area contributed by atoms with Gasteiger partial charge in [-0.2, -0.15) is 0 Å². The number of hydrogen-bond donors (Lipinski definition) is 0. The van der Waals surface area contributed by atoms with Crippen molar-refractivity contribution >= 4 is 6.29 Å². The maximum Gasteiger partial charge on any atom is 0.151 e. The molecule has 4 aliphatic rings. The number of fused-ring (bicyclic) bond motifs is 2. The molecule has 0 aromatic carbocycles. The molecule has 0 N–H and O–H groups in total. The van der Waals surface area contributed by atoms with Crippen LogP contribution in [0.1, 0.15) is 83.3 Å². The van der Waals surface area contributed by atoms with Gasteiger partial charge in [-0.25, -0.2) is 0 Å². The van der Waals surface area contributed by atoms with Crippen LogP contribution >= 0.6 is 0 Å². The third-order valence-corrected chi connectivity index (χ3v) is 7.19. The van der Waals surface area contributed by atoms with E-state index in [-0.39, 0.29) is 0 Å². The molecule has 4 rings (SSSR count). The molecule has 0 bridgehead atoms. The zero-order chi connectivity index (χ0) is 23.3. The maximum absolute atomic E-state index is 12.5. The first-order valence-electron chi connectivity index (χ1n) is 11.7. The normalized spacial score (nSPS) is 11.8. The van der Waals surface area contributed by atoms with E-state index in [9.17, 15) is 4.79 Å². The van der Waals surface area contributed by atoms with Crippen molar-refractivity contribution in [1.29, 1.82) is 0 Å². The first-order valence-corrected chi connectivity index (χ1v) is 11.7. The molecule has 0 saturated heterocycles. The summed E-state index contributed by atoms with van der Waals surface area (Å²) in [6, 6.07) is 15.8. The number of carbonyl (C=O) groups is 1. The third kappa shape index (κ3) is 3.45. The Morgan fingerprint density at radius 3 is 1.69 bits per heavy atom. The van der Waals surface area contributed by atoms with E-state index in [1.54, 1.807) is 0 Å². The van der Waals surface area contributed by atoms with Crippen molar-refractivity contribution in [2.24, 2.45) is 0 Å². The molecule has 32 heavy (non-hydrogen) atoms. The Morgan fingerprint density at radius 2 is 1.12 bits per heavy atom. The van der Waals surface area contributed by atoms with E-state index in [0.29, 0.717) is 11.8 Å². The summed E-state index contributed by atoms with van der Waals surface area (Å²) in [6.45, 7) is 17.6. The van der Waals surface area contributed by atoms with Gasteiger partial charge in [0.05, 0.1) is 0 Å². The lowest BCUT2D eigenvalue weighted by molar-refractivity contribution is 0.112. The fraction of sp³-hybridized carbons (Fsp3) is 0.323. The molecule has 0 unspecified atom stereocenters. The Morgan fingerprint density at radius 1 is 0.594 bits per heavy atom. The van der Waals surface area contributed by atoms with Gasteiger partial charge in [0.2, 0.25) is 0 Å². The van der Waals surface area contributed by atoms with Crippen molar-refractivity contribution < 1.29 is 4.79 Å². The summed E-state index contributed by atoms with van der Waals surface area (Å²) in [5.41, 5.74) is 15.5. The summed E-state index contributed by atoms with van der Waals surface area (Å²) in [5, 5.41) is 0. The molecule has 0 saturated carbocycles. The zero-order valence-corrected chi connectivity index (χ0v) is 20.7. The van der Waals surface area contributed by atoms with Crippen molar-refractivity contribution in [3.63, 3.8) is 0 Å². The van der Waals surface area contributed by atoms with Crippen molar-refractivity contribution in [1.82, 2.24) is 0 Å². The first kappa shape index (κ1) is 22.3. The van der Waals surface area contributed by atoms with E-state index < -0.39 is 0 Å². The highest BCUT2D eigenvalue weighted by Gasteiger charge is 2.26. The highest BCUT2D eigenvalue weighted by atomic mass is 16.1. The standard InChI is InChI=1S/C31H34O/c1-17(2)23-11-9-19(5)25-15-28(21(7)26(25)13-23)31-22(8)27-14-24(18(3)4)12-10-20(6)30(27)29(31)16-32/h9-18H,1-8H3. The molecule has 164 valence electrons. The topological polar surface area (TPSA) is 17.1 Å². The second kappa shape index (κ2) is 8.20. The van der Waals surface area contributed by atoms with Crippen molar-refractivity contribution in [3.05, 3.63) is 81.4 Å². The van der Waals surface area contributed by atoms with E-state index in [1.807, 2.05) is 0 Å². The van der Waals surface area contributed by atoms with Gasteiger partial charge in [-0.1, -0.05) is 64.1 Å². The van der Waals surface area contributed by atoms with E-state index in [4.69, 9.17) is 0 Å². The largest absolute Gasteiger partial charge is 0.298 e. The predicted molar refractivity (Wildman–Crippen MR) is 138 cm³/mol. The van der Waals surface area contributed by atoms with Gasteiger partial charge in [-0.3, -0.25) is 4.79 Å². The maximum atomic E-state index is 12.5. The number of hydrogen-bond acceptors (Lipinski definition) is 1. The molecule has 0 amide bonds. The SMILES string of the molecule is Cc1ccc(C(C)C)cc2c(C)c(-c3c(C)c4cc(C(C)C)ccc(C)c-4c3C=O)cc1-2. The Balaban J connectivity index is 2.11. The summed E-state index contributed by atoms with van der Waals surface area (Å²) in [6.07, 6.45) is 1.07. The summed E-state index contributed by atoms with van der Waals surface area (Å²) >= 11 is 0. The van der Waals surface area contributed by atoms with Crippen LogP contribution in [0.2, 0.25) is 0 Å². The minimum absolute atomic E-state index is 0.433. The molecule has 0 atom stereocenters. The second-order valence-electron chi connectivity index (χ2n) is 9.96. The average Bonchev–Trinajstić information content (AvgIpc) is 3.03. The van der Waals surface area contributed by atoms with Crippen LogP contribution in [0.5, 0.6) is 0 Å². The fourth-order valence-corrected chi connectivity index (χ4v) is 5.08. The van der Waals surface area contributed by atoms with E-state index in [1.165, 1.54) is 50.1 Å². The minimum Gasteiger partial charge on any atom is -0.298 e. The number of aryl methyl sites for hydroxylation is 2. The molecule has 0 radical (unpaired) electrons. The van der Waals surface area contributed by atoms with Crippen LogP contribution in [0.4, 0.5) is 0 Å². The van der Waals surface area contributed by atoms with Gasteiger partial charge in [-0.05, 0) is 112 Å². The Kier molecular flexibility index (Phi) is 5.71. The molecule has 0 heterocycles. The minimum atomic E-state index is 0.433. The number of rotatable bonds is 4. The van der Waals surface area contributed by atoms with E-state index in [2.05, 4.69) is 97.9 Å². The summed E-state index contributed by atoms with van der Waals surface area (Å²) < 4.78 is 0. The average molecular weight is 423 g/mol. The molecule has 0 aromatic rings. The lowest BCUT2D eigenvalue weighted by Gasteiger charge is -2.06. The first-order chi connectivity index (χ1) is 15.1. The highest BCUT2D eigenvalue weighted by Crippen LogP contribution is 2.48. The van der Waals surface area contributed by atoms with E-state index in [0.717, 1.165) is 28.5 Å². The summed E-state index contributed by atoms with van der Waals surface area (Å²) in [4.78, 5) is 12.5. The molecule has 0 fully saturated rings. The zero-order valence-electron chi connectivity index (χ0n) is 20.7. The van der Waals surface area contributed by atoms with Gasteiger partial charge in [0, 0.05) is 5.56 Å². The van der Waals surface area contributed by atoms with Crippen LogP contribution in [0.3, 0.4) is 0 Å². The molecule has 0 spiro atoms. The van der Waals surface area contributed by atoms with Gasteiger partial charge in [0.1, 0.15) is 0 Å². The van der Waals surface area contributed by atoms with Crippen molar-refractivity contribution in [2.45, 2.75) is 67.2 Å². The van der Waals surface area contributed by atoms with Gasteiger partial charge in [-0.15, -0.1) is 0 Å². The monoisotopic (exact) mass is 422 g/mol. The molecular weight excluding hydrogens is 388 g/mol. The van der Waals surface area contributed by atoms with Crippen LogP contribution < -0.4 is 0 Å². The van der Waals surface area contributed by atoms with Crippen molar-refractivity contribution in [3.8, 4) is 33.4 Å². The molecule has 0 aromatic heterocycles. The van der Waals surface area contributed by atoms with Crippen molar-refractivity contribution in [2.75, 3.05) is 0 Å². The smallest absolute Gasteiger partial charge is 0.151 e. The summed E-state index contributed by atoms with van der Waals surface area (Å²) in [7, 11) is 0. The Labute approximate surface area is 193 Å². The second-order valence-corrected chi connectivity index (χ2v) is 9.96. The fourth-order valence-electron chi connectivity index (χ4n) is 5.08. The lowest BCUT2D eigenvalue weighted by atomic mass is 9.98. The Bertz CT molecular complexity index is 1270. The number of aldehydes is 1. The Hall–Kier alpha value is -2.93. The van der Waals surface area contributed by atoms with Gasteiger partial charge < -0.3 is 0 Å². The highest BCUT2D eigenvalue weighted by molar-refractivity contribution is 6.05. The van der Waals surface area contributed by atoms with Gasteiger partial charge in [0.15, 0.2) is 6.29 Å². The third-order valence-electron chi connectivity index (χ3n) is 7.19.